The lowest BCUT2D eigenvalue weighted by Crippen LogP contribution is -2.54. The number of ether oxygens (including phenoxy) is 4. The molecule has 0 aliphatic carbocycles. The predicted molar refractivity (Wildman–Crippen MR) is 98.8 cm³/mol. The Kier molecular flexibility index (Phi) is 7.43. The maximum Gasteiger partial charge on any atom is 0.410 e. The van der Waals surface area contributed by atoms with Crippen molar-refractivity contribution < 1.29 is 23.7 Å². The van der Waals surface area contributed by atoms with Crippen LogP contribution in [0.1, 0.15) is 39.2 Å². The van der Waals surface area contributed by atoms with Crippen molar-refractivity contribution in [1.82, 2.24) is 4.90 Å². The molecule has 1 atom stereocenters. The Morgan fingerprint density at radius 2 is 1.96 bits per heavy atom. The van der Waals surface area contributed by atoms with Gasteiger partial charge in [0.05, 0.1) is 19.8 Å². The Balaban J connectivity index is 2.01. The Labute approximate surface area is 156 Å². The molecule has 1 amide bonds. The minimum atomic E-state index is -0.994. The van der Waals surface area contributed by atoms with Crippen LogP contribution >= 0.6 is 0 Å². The smallest absolute Gasteiger partial charge is 0.410 e. The second-order valence-electron chi connectivity index (χ2n) is 7.55. The molecule has 1 saturated heterocycles. The Bertz CT molecular complexity index is 557. The number of carbonyl (C=O) groups is 1. The third-order valence-electron chi connectivity index (χ3n) is 4.08. The third-order valence-corrected chi connectivity index (χ3v) is 4.08. The van der Waals surface area contributed by atoms with Crippen LogP contribution in [-0.2, 0) is 25.6 Å². The summed E-state index contributed by atoms with van der Waals surface area (Å²) in [5.41, 5.74) is 0.536. The van der Waals surface area contributed by atoms with E-state index in [9.17, 15) is 4.79 Å². The zero-order valence-electron chi connectivity index (χ0n) is 16.3. The topological polar surface area (TPSA) is 57.2 Å². The van der Waals surface area contributed by atoms with Gasteiger partial charge in [0.15, 0.2) is 0 Å². The largest absolute Gasteiger partial charge is 0.444 e. The van der Waals surface area contributed by atoms with E-state index in [4.69, 9.17) is 18.9 Å². The molecule has 1 aromatic carbocycles. The van der Waals surface area contributed by atoms with Gasteiger partial charge in [0.2, 0.25) is 5.79 Å². The van der Waals surface area contributed by atoms with Gasteiger partial charge in [-0.15, -0.1) is 0 Å². The lowest BCUT2D eigenvalue weighted by atomic mass is 10.2. The van der Waals surface area contributed by atoms with Crippen LogP contribution in [0.3, 0.4) is 0 Å². The van der Waals surface area contributed by atoms with Crippen LogP contribution in [0.5, 0.6) is 0 Å². The summed E-state index contributed by atoms with van der Waals surface area (Å²) in [5.74, 6) is -0.994. The molecule has 0 radical (unpaired) electrons. The van der Waals surface area contributed by atoms with Crippen molar-refractivity contribution in [2.24, 2.45) is 0 Å². The van der Waals surface area contributed by atoms with E-state index in [1.54, 1.807) is 12.0 Å². The average molecular weight is 365 g/mol. The summed E-state index contributed by atoms with van der Waals surface area (Å²) in [6.07, 6.45) is 1.36. The first-order chi connectivity index (χ1) is 12.3. The average Bonchev–Trinajstić information content (AvgIpc) is 2.56. The molecular formula is C20H31NO5. The van der Waals surface area contributed by atoms with Crippen LogP contribution < -0.4 is 0 Å². The highest BCUT2D eigenvalue weighted by molar-refractivity contribution is 5.68. The van der Waals surface area contributed by atoms with Gasteiger partial charge in [-0.3, -0.25) is 0 Å². The van der Waals surface area contributed by atoms with Crippen molar-refractivity contribution in [1.29, 1.82) is 0 Å². The number of nitrogens with zero attached hydrogens (tertiary/aromatic N) is 1. The lowest BCUT2D eigenvalue weighted by molar-refractivity contribution is -0.259. The van der Waals surface area contributed by atoms with E-state index in [2.05, 4.69) is 0 Å². The lowest BCUT2D eigenvalue weighted by Gasteiger charge is -2.39. The molecule has 0 spiro atoms. The molecule has 6 heteroatoms. The van der Waals surface area contributed by atoms with Crippen molar-refractivity contribution in [3.63, 3.8) is 0 Å². The number of hydrogen-bond acceptors (Lipinski definition) is 5. The minimum Gasteiger partial charge on any atom is -0.444 e. The van der Waals surface area contributed by atoms with Crippen molar-refractivity contribution in [2.75, 3.05) is 33.4 Å². The van der Waals surface area contributed by atoms with Gasteiger partial charge in [0.25, 0.3) is 0 Å². The first-order valence-electron chi connectivity index (χ1n) is 9.12. The number of carbonyl (C=O) groups excluding carboxylic acids is 1. The summed E-state index contributed by atoms with van der Waals surface area (Å²) >= 11 is 0. The minimum absolute atomic E-state index is 0.234. The molecule has 0 saturated carbocycles. The normalized spacial score (nSPS) is 21.8. The molecule has 1 fully saturated rings. The van der Waals surface area contributed by atoms with Crippen LogP contribution in [0, 0.1) is 0 Å². The summed E-state index contributed by atoms with van der Waals surface area (Å²) in [6, 6.07) is 9.93. The van der Waals surface area contributed by atoms with Gasteiger partial charge < -0.3 is 23.8 Å². The Morgan fingerprint density at radius 1 is 1.23 bits per heavy atom. The standard InChI is InChI=1S/C20H31NO5/c1-19(2,3)26-18(22)21-12-8-9-13-25-20(15-21,23-4)16-24-14-17-10-6-5-7-11-17/h5-7,10-11H,8-9,12-16H2,1-4H3/t20-/m0/s1. The van der Waals surface area contributed by atoms with E-state index in [-0.39, 0.29) is 19.2 Å². The maximum absolute atomic E-state index is 12.5. The molecule has 146 valence electrons. The fourth-order valence-corrected chi connectivity index (χ4v) is 2.73. The van der Waals surface area contributed by atoms with Gasteiger partial charge in [-0.2, -0.15) is 0 Å². The van der Waals surface area contributed by atoms with Gasteiger partial charge in [-0.1, -0.05) is 30.3 Å². The van der Waals surface area contributed by atoms with E-state index < -0.39 is 11.4 Å². The van der Waals surface area contributed by atoms with Crippen molar-refractivity contribution in [2.45, 2.75) is 51.6 Å². The zero-order chi connectivity index (χ0) is 19.0. The van der Waals surface area contributed by atoms with Gasteiger partial charge in [0, 0.05) is 13.7 Å². The fourth-order valence-electron chi connectivity index (χ4n) is 2.73. The van der Waals surface area contributed by atoms with E-state index >= 15 is 0 Å². The van der Waals surface area contributed by atoms with Crippen molar-refractivity contribution >= 4 is 6.09 Å². The van der Waals surface area contributed by atoms with Gasteiger partial charge in [-0.25, -0.2) is 4.79 Å². The zero-order valence-corrected chi connectivity index (χ0v) is 16.3. The van der Waals surface area contributed by atoms with Crippen LogP contribution in [0.4, 0.5) is 4.79 Å². The molecule has 6 nitrogen and oxygen atoms in total. The maximum atomic E-state index is 12.5. The number of rotatable bonds is 5. The van der Waals surface area contributed by atoms with Gasteiger partial charge >= 0.3 is 6.09 Å². The molecule has 1 aliphatic heterocycles. The number of methoxy groups -OCH3 is 1. The van der Waals surface area contributed by atoms with Crippen molar-refractivity contribution in [3.05, 3.63) is 35.9 Å². The molecule has 26 heavy (non-hydrogen) atoms. The molecule has 2 rings (SSSR count). The summed E-state index contributed by atoms with van der Waals surface area (Å²) < 4.78 is 23.0. The molecule has 1 aromatic rings. The first kappa shape index (κ1) is 20.7. The van der Waals surface area contributed by atoms with E-state index in [1.807, 2.05) is 51.1 Å². The van der Waals surface area contributed by atoms with Crippen LogP contribution in [-0.4, -0.2) is 55.8 Å². The van der Waals surface area contributed by atoms with Crippen LogP contribution in [0.15, 0.2) is 30.3 Å². The summed E-state index contributed by atoms with van der Waals surface area (Å²) in [7, 11) is 1.58. The molecule has 1 heterocycles. The van der Waals surface area contributed by atoms with Gasteiger partial charge in [-0.05, 0) is 39.2 Å². The van der Waals surface area contributed by atoms with E-state index in [0.717, 1.165) is 18.4 Å². The molecule has 0 N–H and O–H groups in total. The highest BCUT2D eigenvalue weighted by Crippen LogP contribution is 2.22. The van der Waals surface area contributed by atoms with E-state index in [1.165, 1.54) is 0 Å². The first-order valence-corrected chi connectivity index (χ1v) is 9.12. The second kappa shape index (κ2) is 9.35. The molecular weight excluding hydrogens is 334 g/mol. The summed E-state index contributed by atoms with van der Waals surface area (Å²) in [4.78, 5) is 14.2. The van der Waals surface area contributed by atoms with Gasteiger partial charge in [0.1, 0.15) is 12.2 Å². The molecule has 0 bridgehead atoms. The SMILES string of the molecule is CO[C@@]1(COCc2ccccc2)CN(C(=O)OC(C)(C)C)CCCCO1. The fraction of sp³-hybridized carbons (Fsp3) is 0.650. The predicted octanol–water partition coefficient (Wildman–Crippen LogP) is 3.59. The van der Waals surface area contributed by atoms with Crippen LogP contribution in [0.2, 0.25) is 0 Å². The number of amides is 1. The summed E-state index contributed by atoms with van der Waals surface area (Å²) in [5, 5.41) is 0. The third kappa shape index (κ3) is 6.59. The molecule has 0 aromatic heterocycles. The number of benzene rings is 1. The summed E-state index contributed by atoms with van der Waals surface area (Å²) in [6.45, 7) is 7.73. The molecule has 1 aliphatic rings. The quantitative estimate of drug-likeness (QED) is 0.798. The highest BCUT2D eigenvalue weighted by atomic mass is 16.7. The second-order valence-corrected chi connectivity index (χ2v) is 7.55. The Hall–Kier alpha value is -1.63. The van der Waals surface area contributed by atoms with Crippen molar-refractivity contribution in [3.8, 4) is 0 Å². The number of hydrogen-bond donors (Lipinski definition) is 0. The monoisotopic (exact) mass is 365 g/mol. The van der Waals surface area contributed by atoms with Crippen LogP contribution in [0.25, 0.3) is 0 Å². The molecule has 0 unspecified atom stereocenters. The Morgan fingerprint density at radius 3 is 2.62 bits per heavy atom. The van der Waals surface area contributed by atoms with E-state index in [0.29, 0.717) is 19.8 Å². The highest BCUT2D eigenvalue weighted by Gasteiger charge is 2.38.